The molecule has 2 fully saturated rings. The fourth-order valence-electron chi connectivity index (χ4n) is 4.48. The smallest absolute Gasteiger partial charge is 0.239 e. The first kappa shape index (κ1) is 28.1. The third kappa shape index (κ3) is 5.07. The molecule has 0 spiro atoms. The highest BCUT2D eigenvalue weighted by molar-refractivity contribution is 5.88. The highest BCUT2D eigenvalue weighted by atomic mass is 16.7. The summed E-state index contributed by atoms with van der Waals surface area (Å²) in [5.74, 6) is -1.54. The Hall–Kier alpha value is -3.47. The first-order valence-corrected chi connectivity index (χ1v) is 12.3. The molecule has 0 saturated carbocycles. The Balaban J connectivity index is 1.58. The standard InChI is InChI=1S/C26H28O14/c1-9-17(30)20(33)22(35)26(37-9)38-12-6-13(28)16-15(7-12)39-23(10-2-4-11(27)5-3-10)24(19(16)32)40-25-21(34)18(31)14(29)8-36-25/h2-7,9,14,17-18,20-22,25-31,33-35H,8H2,1H3/t9-,14-,17-,18-,20+,21-,22+,25-,26+/m1/s1. The van der Waals surface area contributed by atoms with Crippen LogP contribution < -0.4 is 14.9 Å². The molecule has 2 aromatic carbocycles. The van der Waals surface area contributed by atoms with Crippen LogP contribution in [0.5, 0.6) is 23.0 Å². The van der Waals surface area contributed by atoms with Crippen LogP contribution in [0.3, 0.4) is 0 Å². The first-order valence-electron chi connectivity index (χ1n) is 12.3. The molecule has 0 aliphatic carbocycles. The van der Waals surface area contributed by atoms with Crippen LogP contribution in [-0.2, 0) is 9.47 Å². The fourth-order valence-corrected chi connectivity index (χ4v) is 4.48. The molecule has 1 aromatic heterocycles. The van der Waals surface area contributed by atoms with Crippen LogP contribution in [0.15, 0.2) is 45.6 Å². The SMILES string of the molecule is C[C@H]1O[C@@H](Oc2cc(O)c3c(=O)c(O[C@H]4OC[C@@H](O)[C@@H](O)[C@H]4O)c(-c4ccc(O)cc4)oc3c2)[C@@H](O)[C@@H](O)[C@@H]1O. The van der Waals surface area contributed by atoms with Crippen molar-refractivity contribution in [2.75, 3.05) is 6.61 Å². The Morgan fingerprint density at radius 1 is 0.825 bits per heavy atom. The van der Waals surface area contributed by atoms with Gasteiger partial charge in [0.1, 0.15) is 64.8 Å². The van der Waals surface area contributed by atoms with Crippen molar-refractivity contribution in [3.8, 4) is 34.3 Å². The zero-order valence-corrected chi connectivity index (χ0v) is 20.9. The van der Waals surface area contributed by atoms with Crippen LogP contribution in [0, 0.1) is 0 Å². The Labute approximate surface area is 225 Å². The summed E-state index contributed by atoms with van der Waals surface area (Å²) in [6, 6.07) is 7.69. The van der Waals surface area contributed by atoms with E-state index in [2.05, 4.69) is 0 Å². The van der Waals surface area contributed by atoms with E-state index in [-0.39, 0.29) is 33.8 Å². The number of phenols is 2. The number of rotatable bonds is 5. The lowest BCUT2D eigenvalue weighted by atomic mass is 10.00. The third-order valence-corrected chi connectivity index (χ3v) is 6.78. The molecular weight excluding hydrogens is 536 g/mol. The molecule has 2 aliphatic heterocycles. The van der Waals surface area contributed by atoms with E-state index in [1.165, 1.54) is 37.3 Å². The number of hydrogen-bond acceptors (Lipinski definition) is 14. The van der Waals surface area contributed by atoms with Gasteiger partial charge in [0.15, 0.2) is 5.76 Å². The predicted molar refractivity (Wildman–Crippen MR) is 133 cm³/mol. The van der Waals surface area contributed by atoms with Gasteiger partial charge in [-0.1, -0.05) is 0 Å². The Bertz CT molecular complexity index is 1420. The molecule has 3 aromatic rings. The van der Waals surface area contributed by atoms with Crippen LogP contribution in [0.25, 0.3) is 22.3 Å². The van der Waals surface area contributed by atoms with Gasteiger partial charge in [0.25, 0.3) is 0 Å². The summed E-state index contributed by atoms with van der Waals surface area (Å²) in [6.07, 6.45) is -13.3. The van der Waals surface area contributed by atoms with Crippen molar-refractivity contribution in [2.45, 2.75) is 62.2 Å². The maximum atomic E-state index is 13.6. The topological polar surface area (TPSA) is 229 Å². The third-order valence-electron chi connectivity index (χ3n) is 6.78. The summed E-state index contributed by atoms with van der Waals surface area (Å²) in [5, 5.41) is 80.5. The highest BCUT2D eigenvalue weighted by Crippen LogP contribution is 2.38. The monoisotopic (exact) mass is 564 g/mol. The molecule has 0 unspecified atom stereocenters. The van der Waals surface area contributed by atoms with E-state index in [9.17, 15) is 45.6 Å². The van der Waals surface area contributed by atoms with Crippen molar-refractivity contribution in [1.29, 1.82) is 0 Å². The van der Waals surface area contributed by atoms with Crippen LogP contribution >= 0.6 is 0 Å². The fraction of sp³-hybridized carbons (Fsp3) is 0.423. The molecular formula is C26H28O14. The molecule has 2 saturated heterocycles. The van der Waals surface area contributed by atoms with Crippen molar-refractivity contribution in [2.24, 2.45) is 0 Å². The zero-order chi connectivity index (χ0) is 28.9. The summed E-state index contributed by atoms with van der Waals surface area (Å²) in [7, 11) is 0. The number of phenolic OH excluding ortho intramolecular Hbond substituents is 2. The normalized spacial score (nSPS) is 32.6. The molecule has 5 rings (SSSR count). The van der Waals surface area contributed by atoms with E-state index in [0.717, 1.165) is 6.07 Å². The van der Waals surface area contributed by atoms with Crippen LogP contribution in [0.2, 0.25) is 0 Å². The van der Waals surface area contributed by atoms with Gasteiger partial charge >= 0.3 is 0 Å². The summed E-state index contributed by atoms with van der Waals surface area (Å²) < 4.78 is 27.9. The van der Waals surface area contributed by atoms with Crippen molar-refractivity contribution < 1.29 is 64.2 Å². The molecule has 14 nitrogen and oxygen atoms in total. The second-order valence-electron chi connectivity index (χ2n) is 9.62. The minimum atomic E-state index is -1.74. The number of fused-ring (bicyclic) bond motifs is 1. The second-order valence-corrected chi connectivity index (χ2v) is 9.62. The van der Waals surface area contributed by atoms with Gasteiger partial charge in [-0.25, -0.2) is 0 Å². The largest absolute Gasteiger partial charge is 0.508 e. The number of aliphatic hydroxyl groups is 6. The molecule has 8 N–H and O–H groups in total. The van der Waals surface area contributed by atoms with Crippen LogP contribution in [0.1, 0.15) is 6.92 Å². The van der Waals surface area contributed by atoms with E-state index in [4.69, 9.17) is 23.4 Å². The van der Waals surface area contributed by atoms with Gasteiger partial charge in [-0.15, -0.1) is 0 Å². The number of benzene rings is 2. The van der Waals surface area contributed by atoms with Gasteiger partial charge < -0.3 is 64.2 Å². The maximum Gasteiger partial charge on any atom is 0.239 e. The Morgan fingerprint density at radius 3 is 2.20 bits per heavy atom. The molecule has 2 aliphatic rings. The minimum absolute atomic E-state index is 0.0848. The maximum absolute atomic E-state index is 13.6. The van der Waals surface area contributed by atoms with Gasteiger partial charge in [-0.2, -0.15) is 0 Å². The van der Waals surface area contributed by atoms with E-state index in [1.54, 1.807) is 0 Å². The van der Waals surface area contributed by atoms with Gasteiger partial charge in [-0.3, -0.25) is 4.79 Å². The summed E-state index contributed by atoms with van der Waals surface area (Å²) in [4.78, 5) is 13.6. The molecule has 0 radical (unpaired) electrons. The van der Waals surface area contributed by atoms with Crippen molar-refractivity contribution in [3.05, 3.63) is 46.6 Å². The lowest BCUT2D eigenvalue weighted by molar-refractivity contribution is -0.268. The quantitative estimate of drug-likeness (QED) is 0.184. The van der Waals surface area contributed by atoms with Crippen molar-refractivity contribution in [1.82, 2.24) is 0 Å². The summed E-state index contributed by atoms with van der Waals surface area (Å²) in [6.45, 7) is 1.06. The van der Waals surface area contributed by atoms with E-state index >= 15 is 0 Å². The lowest BCUT2D eigenvalue weighted by Crippen LogP contribution is -2.58. The van der Waals surface area contributed by atoms with Gasteiger partial charge in [0.2, 0.25) is 23.8 Å². The molecule has 3 heterocycles. The highest BCUT2D eigenvalue weighted by Gasteiger charge is 2.43. The lowest BCUT2D eigenvalue weighted by Gasteiger charge is -2.38. The summed E-state index contributed by atoms with van der Waals surface area (Å²) in [5.41, 5.74) is -0.860. The second kappa shape index (κ2) is 10.8. The predicted octanol–water partition coefficient (Wildman–Crippen LogP) is -1.10. The molecule has 216 valence electrons. The van der Waals surface area contributed by atoms with Crippen molar-refractivity contribution in [3.63, 3.8) is 0 Å². The zero-order valence-electron chi connectivity index (χ0n) is 20.9. The molecule has 0 amide bonds. The van der Waals surface area contributed by atoms with Crippen molar-refractivity contribution >= 4 is 11.0 Å². The molecule has 0 bridgehead atoms. The Morgan fingerprint density at radius 2 is 1.50 bits per heavy atom. The molecule has 9 atom stereocenters. The van der Waals surface area contributed by atoms with Crippen LogP contribution in [-0.4, -0.2) is 103 Å². The van der Waals surface area contributed by atoms with E-state index in [0.29, 0.717) is 0 Å². The Kier molecular flexibility index (Phi) is 7.60. The molecule has 14 heteroatoms. The van der Waals surface area contributed by atoms with Gasteiger partial charge in [0.05, 0.1) is 12.7 Å². The number of ether oxygens (including phenoxy) is 4. The summed E-state index contributed by atoms with van der Waals surface area (Å²) >= 11 is 0. The number of hydrogen-bond donors (Lipinski definition) is 8. The van der Waals surface area contributed by atoms with E-state index in [1.807, 2.05) is 0 Å². The molecule has 40 heavy (non-hydrogen) atoms. The first-order chi connectivity index (χ1) is 19.0. The average Bonchev–Trinajstić information content (AvgIpc) is 2.92. The minimum Gasteiger partial charge on any atom is -0.508 e. The average molecular weight is 564 g/mol. The van der Waals surface area contributed by atoms with Gasteiger partial charge in [-0.05, 0) is 31.2 Å². The van der Waals surface area contributed by atoms with E-state index < -0.39 is 78.8 Å². The number of aromatic hydroxyl groups is 2. The van der Waals surface area contributed by atoms with Crippen LogP contribution in [0.4, 0.5) is 0 Å². The van der Waals surface area contributed by atoms with Gasteiger partial charge in [0, 0.05) is 17.7 Å². The number of aliphatic hydroxyl groups excluding tert-OH is 6.